The Balaban J connectivity index is 1.15. The van der Waals surface area contributed by atoms with Gasteiger partial charge in [0.05, 0.1) is 31.0 Å². The second-order valence-electron chi connectivity index (χ2n) is 12.2. The summed E-state index contributed by atoms with van der Waals surface area (Å²) < 4.78 is 5.26. The third kappa shape index (κ3) is 8.40. The quantitative estimate of drug-likeness (QED) is 0.177. The third-order valence-corrected chi connectivity index (χ3v) is 10.2. The molecule has 1 aromatic heterocycles. The number of carbonyl (C=O) groups is 3. The highest BCUT2D eigenvalue weighted by Crippen LogP contribution is 2.41. The van der Waals surface area contributed by atoms with E-state index in [-0.39, 0.29) is 24.1 Å². The van der Waals surface area contributed by atoms with E-state index in [1.54, 1.807) is 23.1 Å². The molecule has 2 aliphatic rings. The van der Waals surface area contributed by atoms with Gasteiger partial charge in [0.1, 0.15) is 11.3 Å². The van der Waals surface area contributed by atoms with Crippen LogP contribution in [0, 0.1) is 0 Å². The summed E-state index contributed by atoms with van der Waals surface area (Å²) in [5.74, 6) is -0.330. The van der Waals surface area contributed by atoms with E-state index in [4.69, 9.17) is 9.73 Å². The van der Waals surface area contributed by atoms with Crippen molar-refractivity contribution in [3.05, 3.63) is 120 Å². The number of likely N-dealkylation sites (N-methyl/N-ethyl adjacent to an activating group) is 1. The van der Waals surface area contributed by atoms with Gasteiger partial charge in [-0.3, -0.25) is 24.3 Å². The number of ether oxygens (including phenoxy) is 1. The molecule has 0 bridgehead atoms. The first-order chi connectivity index (χ1) is 24.4. The molecule has 258 valence electrons. The zero-order valence-corrected chi connectivity index (χ0v) is 29.2. The van der Waals surface area contributed by atoms with E-state index < -0.39 is 11.3 Å². The van der Waals surface area contributed by atoms with Gasteiger partial charge in [-0.25, -0.2) is 4.99 Å². The highest BCUT2D eigenvalue weighted by molar-refractivity contribution is 8.15. The molecule has 10 nitrogen and oxygen atoms in total. The number of pyridine rings is 1. The average Bonchev–Trinajstić information content (AvgIpc) is 3.76. The number of aromatic nitrogens is 1. The fraction of sp³-hybridized carbons (Fsp3) is 0.308. The van der Waals surface area contributed by atoms with Crippen LogP contribution in [0.5, 0.6) is 0 Å². The molecule has 2 fully saturated rings. The van der Waals surface area contributed by atoms with Crippen molar-refractivity contribution in [2.45, 2.75) is 44.0 Å². The van der Waals surface area contributed by atoms with Crippen molar-refractivity contribution >= 4 is 51.7 Å². The smallest absolute Gasteiger partial charge is 0.247 e. The number of rotatable bonds is 13. The summed E-state index contributed by atoms with van der Waals surface area (Å²) in [4.78, 5) is 55.3. The maximum Gasteiger partial charge on any atom is 0.247 e. The fourth-order valence-corrected chi connectivity index (χ4v) is 7.42. The van der Waals surface area contributed by atoms with Gasteiger partial charge in [-0.1, -0.05) is 60.3 Å². The second kappa shape index (κ2) is 16.6. The number of carbonyl (C=O) groups excluding carboxylic acids is 3. The molecule has 0 saturated carbocycles. The number of nitrogens with zero attached hydrogens (tertiary/aromatic N) is 5. The molecule has 0 aliphatic carbocycles. The van der Waals surface area contributed by atoms with Crippen molar-refractivity contribution in [3.8, 4) is 0 Å². The summed E-state index contributed by atoms with van der Waals surface area (Å²) in [5.41, 5.74) is 4.95. The minimum atomic E-state index is -0.513. The summed E-state index contributed by atoms with van der Waals surface area (Å²) >= 11 is 1.40. The Kier molecular flexibility index (Phi) is 11.6. The van der Waals surface area contributed by atoms with Crippen molar-refractivity contribution in [2.75, 3.05) is 43.6 Å². The summed E-state index contributed by atoms with van der Waals surface area (Å²) in [7, 11) is 1.70. The van der Waals surface area contributed by atoms with Crippen molar-refractivity contribution in [2.24, 2.45) is 4.99 Å². The Bertz CT molecular complexity index is 1790. The maximum absolute atomic E-state index is 13.9. The molecule has 6 rings (SSSR count). The lowest BCUT2D eigenvalue weighted by molar-refractivity contribution is -0.136. The van der Waals surface area contributed by atoms with Gasteiger partial charge in [0.15, 0.2) is 5.17 Å². The number of benzene rings is 3. The lowest BCUT2D eigenvalue weighted by atomic mass is 10.1. The first-order valence-electron chi connectivity index (χ1n) is 17.0. The first kappa shape index (κ1) is 34.8. The molecule has 4 aromatic rings. The van der Waals surface area contributed by atoms with Crippen LogP contribution >= 0.6 is 11.8 Å². The van der Waals surface area contributed by atoms with E-state index >= 15 is 0 Å². The van der Waals surface area contributed by atoms with Gasteiger partial charge in [-0.15, -0.1) is 0 Å². The van der Waals surface area contributed by atoms with E-state index in [0.717, 1.165) is 47.7 Å². The van der Waals surface area contributed by atoms with Gasteiger partial charge in [-0.2, -0.15) is 0 Å². The standard InChI is InChI=1S/C39H42N6O4S/c1-3-43(24-25-49-2)33-20-18-31(19-21-33)42-39-45(27-32-12-7-8-22-40-32)38(48)36(50-39)29-14-16-30(17-15-29)41-37(47)34-13-9-23-44(34)35(46)26-28-10-5-4-6-11-28/h4-8,10-12,14-22,34,36H,3,9,13,23-27H2,1-2H3,(H,41,47)/t34-,36?/m0/s1. The molecule has 11 heteroatoms. The summed E-state index contributed by atoms with van der Waals surface area (Å²) in [5, 5.41) is 3.09. The molecule has 3 amide bonds. The van der Waals surface area contributed by atoms with E-state index in [1.807, 2.05) is 97.1 Å². The lowest BCUT2D eigenvalue weighted by Gasteiger charge is -2.24. The minimum absolute atomic E-state index is 0.0466. The molecule has 0 radical (unpaired) electrons. The number of hydrogen-bond acceptors (Lipinski definition) is 8. The van der Waals surface area contributed by atoms with Crippen molar-refractivity contribution in [1.29, 1.82) is 0 Å². The van der Waals surface area contributed by atoms with Crippen molar-refractivity contribution < 1.29 is 19.1 Å². The van der Waals surface area contributed by atoms with Gasteiger partial charge in [-0.05, 0) is 79.4 Å². The van der Waals surface area contributed by atoms with Crippen LogP contribution in [-0.4, -0.2) is 77.1 Å². The lowest BCUT2D eigenvalue weighted by Crippen LogP contribution is -2.43. The maximum atomic E-state index is 13.9. The molecule has 3 aromatic carbocycles. The van der Waals surface area contributed by atoms with Crippen LogP contribution in [0.25, 0.3) is 0 Å². The van der Waals surface area contributed by atoms with E-state index in [1.165, 1.54) is 11.8 Å². The SMILES string of the molecule is CCN(CCOC)c1ccc(N=C2SC(c3ccc(NC(=O)[C@@H]4CCCN4C(=O)Cc4ccccc4)cc3)C(=O)N2Cc2ccccn2)cc1. The van der Waals surface area contributed by atoms with Gasteiger partial charge in [0, 0.05) is 44.3 Å². The summed E-state index contributed by atoms with van der Waals surface area (Å²) in [6.07, 6.45) is 3.40. The monoisotopic (exact) mass is 690 g/mol. The van der Waals surface area contributed by atoms with Crippen LogP contribution in [0.3, 0.4) is 0 Å². The molecule has 2 aliphatic heterocycles. The van der Waals surface area contributed by atoms with Crippen LogP contribution in [-0.2, 0) is 32.1 Å². The molecule has 2 atom stereocenters. The Morgan fingerprint density at radius 1 is 1.00 bits per heavy atom. The molecule has 3 heterocycles. The predicted octanol–water partition coefficient (Wildman–Crippen LogP) is 6.23. The van der Waals surface area contributed by atoms with E-state index in [0.29, 0.717) is 37.0 Å². The van der Waals surface area contributed by atoms with Crippen LogP contribution in [0.15, 0.2) is 108 Å². The van der Waals surface area contributed by atoms with Crippen LogP contribution in [0.4, 0.5) is 17.1 Å². The number of amidine groups is 1. The van der Waals surface area contributed by atoms with Gasteiger partial charge in [0.25, 0.3) is 0 Å². The Morgan fingerprint density at radius 3 is 2.46 bits per heavy atom. The van der Waals surface area contributed by atoms with E-state index in [2.05, 4.69) is 22.1 Å². The highest BCUT2D eigenvalue weighted by Gasteiger charge is 2.39. The zero-order chi connectivity index (χ0) is 34.9. The third-order valence-electron chi connectivity index (χ3n) is 8.93. The second-order valence-corrected chi connectivity index (χ2v) is 13.3. The summed E-state index contributed by atoms with van der Waals surface area (Å²) in [6, 6.07) is 30.1. The minimum Gasteiger partial charge on any atom is -0.383 e. The number of nitrogens with one attached hydrogen (secondary N) is 1. The molecule has 1 unspecified atom stereocenters. The fourth-order valence-electron chi connectivity index (χ4n) is 6.25. The molecular formula is C39H42N6O4S. The highest BCUT2D eigenvalue weighted by atomic mass is 32.2. The van der Waals surface area contributed by atoms with Crippen LogP contribution in [0.2, 0.25) is 0 Å². The average molecular weight is 691 g/mol. The van der Waals surface area contributed by atoms with Gasteiger partial charge < -0.3 is 19.9 Å². The number of thioether (sulfide) groups is 1. The normalized spacial score (nSPS) is 18.1. The van der Waals surface area contributed by atoms with Crippen LogP contribution < -0.4 is 10.2 Å². The van der Waals surface area contributed by atoms with Crippen LogP contribution in [0.1, 0.15) is 41.8 Å². The largest absolute Gasteiger partial charge is 0.383 e. The molecule has 1 N–H and O–H groups in total. The van der Waals surface area contributed by atoms with Crippen molar-refractivity contribution in [1.82, 2.24) is 14.8 Å². The number of hydrogen-bond donors (Lipinski definition) is 1. The first-order valence-corrected chi connectivity index (χ1v) is 17.9. The number of aliphatic imine (C=N–C) groups is 1. The van der Waals surface area contributed by atoms with E-state index in [9.17, 15) is 14.4 Å². The van der Waals surface area contributed by atoms with Crippen molar-refractivity contribution in [3.63, 3.8) is 0 Å². The zero-order valence-electron chi connectivity index (χ0n) is 28.4. The topological polar surface area (TPSA) is 107 Å². The molecular weight excluding hydrogens is 649 g/mol. The molecule has 0 spiro atoms. The molecule has 50 heavy (non-hydrogen) atoms. The van der Waals surface area contributed by atoms with Gasteiger partial charge >= 0.3 is 0 Å². The Hall–Kier alpha value is -5.00. The number of methoxy groups -OCH3 is 1. The Labute approximate surface area is 297 Å². The predicted molar refractivity (Wildman–Crippen MR) is 198 cm³/mol. The molecule has 2 saturated heterocycles. The summed E-state index contributed by atoms with van der Waals surface area (Å²) in [6.45, 7) is 5.27. The Morgan fingerprint density at radius 2 is 1.76 bits per heavy atom. The number of likely N-dealkylation sites (tertiary alicyclic amines) is 1. The van der Waals surface area contributed by atoms with Gasteiger partial charge in [0.2, 0.25) is 17.7 Å². The number of amides is 3. The number of anilines is 2.